The fraction of sp³-hybridized carbons (Fsp3) is 0.889. The fourth-order valence-electron chi connectivity index (χ4n) is 4.38. The molecule has 1 atom stereocenters. The highest BCUT2D eigenvalue weighted by molar-refractivity contribution is 5.87. The third-order valence-electron chi connectivity index (χ3n) is 5.84. The van der Waals surface area contributed by atoms with Crippen LogP contribution in [0.2, 0.25) is 0 Å². The number of carbonyl (C=O) groups is 2. The van der Waals surface area contributed by atoms with Gasteiger partial charge in [0.25, 0.3) is 5.91 Å². The summed E-state index contributed by atoms with van der Waals surface area (Å²) in [5, 5.41) is 0. The molecule has 0 aromatic heterocycles. The molecule has 5 nitrogen and oxygen atoms in total. The third kappa shape index (κ3) is 3.70. The van der Waals surface area contributed by atoms with E-state index in [-0.39, 0.29) is 11.8 Å². The van der Waals surface area contributed by atoms with Crippen molar-refractivity contribution in [1.29, 1.82) is 0 Å². The molecule has 3 aliphatic rings. The van der Waals surface area contributed by atoms with Crippen LogP contribution in [-0.4, -0.2) is 60.5 Å². The van der Waals surface area contributed by atoms with Crippen LogP contribution in [0.25, 0.3) is 0 Å². The van der Waals surface area contributed by atoms with E-state index in [0.717, 1.165) is 38.1 Å². The molecule has 1 saturated carbocycles. The highest BCUT2D eigenvalue weighted by Gasteiger charge is 2.46. The Kier molecular flexibility index (Phi) is 5.24. The molecule has 5 heteroatoms. The summed E-state index contributed by atoms with van der Waals surface area (Å²) in [4.78, 5) is 29.0. The first-order valence-electron chi connectivity index (χ1n) is 9.28. The van der Waals surface area contributed by atoms with E-state index in [4.69, 9.17) is 4.74 Å². The number of rotatable bonds is 3. The van der Waals surface area contributed by atoms with Gasteiger partial charge in [0.1, 0.15) is 0 Å². The molecule has 23 heavy (non-hydrogen) atoms. The van der Waals surface area contributed by atoms with Gasteiger partial charge < -0.3 is 14.5 Å². The van der Waals surface area contributed by atoms with Gasteiger partial charge in [0, 0.05) is 26.6 Å². The number of hydrogen-bond donors (Lipinski definition) is 0. The zero-order valence-corrected chi connectivity index (χ0v) is 14.4. The second kappa shape index (κ2) is 7.20. The van der Waals surface area contributed by atoms with Crippen LogP contribution in [-0.2, 0) is 14.3 Å². The van der Waals surface area contributed by atoms with Crippen LogP contribution in [0, 0.1) is 5.92 Å². The van der Waals surface area contributed by atoms with Crippen LogP contribution in [0.3, 0.4) is 0 Å². The maximum absolute atomic E-state index is 12.7. The lowest BCUT2D eigenvalue weighted by Gasteiger charge is -2.42. The topological polar surface area (TPSA) is 49.9 Å². The minimum atomic E-state index is -0.785. The lowest BCUT2D eigenvalue weighted by Crippen LogP contribution is -2.60. The molecule has 130 valence electrons. The van der Waals surface area contributed by atoms with Crippen LogP contribution >= 0.6 is 0 Å². The highest BCUT2D eigenvalue weighted by Crippen LogP contribution is 2.31. The molecule has 3 rings (SSSR count). The Hall–Kier alpha value is -1.10. The maximum atomic E-state index is 12.7. The summed E-state index contributed by atoms with van der Waals surface area (Å²) in [6.45, 7) is 2.34. The Labute approximate surface area is 139 Å². The summed E-state index contributed by atoms with van der Waals surface area (Å²) < 4.78 is 5.94. The zero-order chi connectivity index (χ0) is 16.3. The Balaban J connectivity index is 1.60. The van der Waals surface area contributed by atoms with Gasteiger partial charge in [0.05, 0.1) is 13.2 Å². The third-order valence-corrected chi connectivity index (χ3v) is 5.84. The average molecular weight is 322 g/mol. The van der Waals surface area contributed by atoms with Crippen molar-refractivity contribution < 1.29 is 14.3 Å². The van der Waals surface area contributed by atoms with Crippen molar-refractivity contribution in [3.63, 3.8) is 0 Å². The summed E-state index contributed by atoms with van der Waals surface area (Å²) in [6.07, 6.45) is 9.58. The Bertz CT molecular complexity index is 448. The van der Waals surface area contributed by atoms with Crippen molar-refractivity contribution >= 4 is 11.8 Å². The van der Waals surface area contributed by atoms with Crippen molar-refractivity contribution in [3.05, 3.63) is 0 Å². The number of carbonyl (C=O) groups excluding carboxylic acids is 2. The lowest BCUT2D eigenvalue weighted by molar-refractivity contribution is -0.173. The van der Waals surface area contributed by atoms with Crippen LogP contribution in [0.5, 0.6) is 0 Å². The molecule has 1 aliphatic carbocycles. The van der Waals surface area contributed by atoms with Crippen LogP contribution < -0.4 is 0 Å². The number of likely N-dealkylation sites (tertiary alicyclic amines) is 1. The largest absolute Gasteiger partial charge is 0.361 e. The van der Waals surface area contributed by atoms with E-state index in [1.807, 2.05) is 11.9 Å². The minimum absolute atomic E-state index is 0.0586. The van der Waals surface area contributed by atoms with Crippen LogP contribution in [0.15, 0.2) is 0 Å². The smallest absolute Gasteiger partial charge is 0.256 e. The van der Waals surface area contributed by atoms with E-state index in [0.29, 0.717) is 26.1 Å². The average Bonchev–Trinajstić information content (AvgIpc) is 3.05. The minimum Gasteiger partial charge on any atom is -0.361 e. The van der Waals surface area contributed by atoms with Crippen LogP contribution in [0.4, 0.5) is 0 Å². The Morgan fingerprint density at radius 1 is 1.22 bits per heavy atom. The molecular weight excluding hydrogens is 292 g/mol. The first-order chi connectivity index (χ1) is 11.1. The van der Waals surface area contributed by atoms with Gasteiger partial charge in [-0.1, -0.05) is 25.7 Å². The van der Waals surface area contributed by atoms with Gasteiger partial charge >= 0.3 is 0 Å². The van der Waals surface area contributed by atoms with Crippen molar-refractivity contribution in [1.82, 2.24) is 9.80 Å². The van der Waals surface area contributed by atoms with Gasteiger partial charge in [0.2, 0.25) is 5.91 Å². The zero-order valence-electron chi connectivity index (χ0n) is 14.4. The number of amides is 2. The van der Waals surface area contributed by atoms with E-state index in [1.54, 1.807) is 4.90 Å². The summed E-state index contributed by atoms with van der Waals surface area (Å²) in [7, 11) is 1.85. The van der Waals surface area contributed by atoms with Gasteiger partial charge in [-0.25, -0.2) is 0 Å². The quantitative estimate of drug-likeness (QED) is 0.800. The summed E-state index contributed by atoms with van der Waals surface area (Å²) >= 11 is 0. The molecule has 2 saturated heterocycles. The van der Waals surface area contributed by atoms with E-state index >= 15 is 0 Å². The highest BCUT2D eigenvalue weighted by atomic mass is 16.5. The van der Waals surface area contributed by atoms with Crippen molar-refractivity contribution in [2.45, 2.75) is 63.4 Å². The van der Waals surface area contributed by atoms with E-state index < -0.39 is 5.60 Å². The first kappa shape index (κ1) is 16.7. The number of likely N-dealkylation sites (N-methyl/N-ethyl adjacent to an activating group) is 1. The second-order valence-corrected chi connectivity index (χ2v) is 7.53. The molecule has 3 fully saturated rings. The van der Waals surface area contributed by atoms with Crippen molar-refractivity contribution in [3.8, 4) is 0 Å². The fourth-order valence-corrected chi connectivity index (χ4v) is 4.38. The Morgan fingerprint density at radius 2 is 2.00 bits per heavy atom. The second-order valence-electron chi connectivity index (χ2n) is 7.53. The first-order valence-corrected chi connectivity index (χ1v) is 9.28. The molecule has 1 unspecified atom stereocenters. The predicted molar refractivity (Wildman–Crippen MR) is 87.9 cm³/mol. The van der Waals surface area contributed by atoms with Crippen molar-refractivity contribution in [2.24, 2.45) is 5.92 Å². The van der Waals surface area contributed by atoms with E-state index in [2.05, 4.69) is 0 Å². The van der Waals surface area contributed by atoms with Crippen molar-refractivity contribution in [2.75, 3.05) is 33.3 Å². The molecule has 2 aliphatic heterocycles. The SMILES string of the molecule is CN1CCCCC2(CN(C(=O)CCC3CCCC3)CCO2)C1=O. The lowest BCUT2D eigenvalue weighted by atomic mass is 9.93. The molecular formula is C18H30N2O3. The molecule has 0 aromatic carbocycles. The van der Waals surface area contributed by atoms with Gasteiger partial charge in [-0.2, -0.15) is 0 Å². The summed E-state index contributed by atoms with van der Waals surface area (Å²) in [5.41, 5.74) is -0.785. The molecule has 0 radical (unpaired) electrons. The Morgan fingerprint density at radius 3 is 2.78 bits per heavy atom. The van der Waals surface area contributed by atoms with Gasteiger partial charge in [0.15, 0.2) is 5.60 Å². The standard InChI is InChI=1S/C18H30N2O3/c1-19-11-5-4-10-18(17(19)22)14-20(12-13-23-18)16(21)9-8-15-6-2-3-7-15/h15H,2-14H2,1H3. The molecule has 0 bridgehead atoms. The number of nitrogens with zero attached hydrogens (tertiary/aromatic N) is 2. The van der Waals surface area contributed by atoms with Crippen LogP contribution in [0.1, 0.15) is 57.8 Å². The van der Waals surface area contributed by atoms with Gasteiger partial charge in [-0.15, -0.1) is 0 Å². The molecule has 0 aromatic rings. The normalized spacial score (nSPS) is 30.0. The molecule has 1 spiro atoms. The maximum Gasteiger partial charge on any atom is 0.256 e. The number of morpholine rings is 1. The van der Waals surface area contributed by atoms with Gasteiger partial charge in [-0.05, 0) is 31.6 Å². The number of hydrogen-bond acceptors (Lipinski definition) is 3. The molecule has 2 amide bonds. The summed E-state index contributed by atoms with van der Waals surface area (Å²) in [6, 6.07) is 0. The van der Waals surface area contributed by atoms with Gasteiger partial charge in [-0.3, -0.25) is 9.59 Å². The van der Waals surface area contributed by atoms with E-state index in [1.165, 1.54) is 25.7 Å². The van der Waals surface area contributed by atoms with E-state index in [9.17, 15) is 9.59 Å². The monoisotopic (exact) mass is 322 g/mol. The summed E-state index contributed by atoms with van der Waals surface area (Å²) in [5.74, 6) is 1.00. The number of ether oxygens (including phenoxy) is 1. The molecule has 2 heterocycles. The molecule has 0 N–H and O–H groups in total. The predicted octanol–water partition coefficient (Wildman–Crippen LogP) is 2.20.